The first kappa shape index (κ1) is 10.3. The minimum Gasteiger partial charge on any atom is -0.399 e. The van der Waals surface area contributed by atoms with Crippen molar-refractivity contribution in [3.8, 4) is 11.4 Å². The Morgan fingerprint density at radius 3 is 3.06 bits per heavy atom. The molecule has 0 amide bonds. The van der Waals surface area contributed by atoms with Gasteiger partial charge in [-0.05, 0) is 24.5 Å². The molecule has 1 unspecified atom stereocenters. The van der Waals surface area contributed by atoms with Crippen LogP contribution in [0.5, 0.6) is 0 Å². The van der Waals surface area contributed by atoms with Crippen molar-refractivity contribution in [2.24, 2.45) is 5.92 Å². The molecule has 1 aliphatic heterocycles. The van der Waals surface area contributed by atoms with Gasteiger partial charge in [0, 0.05) is 24.2 Å². The number of hydrogen-bond donors (Lipinski definition) is 1. The van der Waals surface area contributed by atoms with E-state index in [2.05, 4.69) is 21.7 Å². The summed E-state index contributed by atoms with van der Waals surface area (Å²) in [5, 5.41) is 8.59. The Morgan fingerprint density at radius 1 is 1.35 bits per heavy atom. The Bertz CT molecular complexity index is 544. The van der Waals surface area contributed by atoms with E-state index in [4.69, 9.17) is 5.73 Å². The number of anilines is 1. The van der Waals surface area contributed by atoms with Gasteiger partial charge in [0.15, 0.2) is 5.82 Å². The van der Waals surface area contributed by atoms with E-state index in [0.717, 1.165) is 35.9 Å². The van der Waals surface area contributed by atoms with Gasteiger partial charge in [-0.3, -0.25) is 0 Å². The minimum atomic E-state index is 0.709. The molecule has 1 aromatic carbocycles. The third-order valence-electron chi connectivity index (χ3n) is 3.35. The maximum atomic E-state index is 5.81. The smallest absolute Gasteiger partial charge is 0.164 e. The molecule has 4 heteroatoms. The van der Waals surface area contributed by atoms with Gasteiger partial charge >= 0.3 is 0 Å². The summed E-state index contributed by atoms with van der Waals surface area (Å²) < 4.78 is 2.22. The van der Waals surface area contributed by atoms with Gasteiger partial charge in [-0.25, -0.2) is 0 Å². The Hall–Kier alpha value is -1.84. The first-order chi connectivity index (χ1) is 8.24. The van der Waals surface area contributed by atoms with Crippen molar-refractivity contribution in [2.75, 3.05) is 5.73 Å². The Balaban J connectivity index is 2.05. The molecule has 2 aromatic rings. The van der Waals surface area contributed by atoms with E-state index in [1.54, 1.807) is 0 Å². The van der Waals surface area contributed by atoms with E-state index >= 15 is 0 Å². The fourth-order valence-electron chi connectivity index (χ4n) is 2.38. The predicted octanol–water partition coefficient (Wildman–Crippen LogP) is 2.11. The van der Waals surface area contributed by atoms with Crippen molar-refractivity contribution in [1.29, 1.82) is 0 Å². The second-order valence-electron chi connectivity index (χ2n) is 4.81. The molecule has 0 fully saturated rings. The fourth-order valence-corrected chi connectivity index (χ4v) is 2.38. The van der Waals surface area contributed by atoms with Crippen LogP contribution in [0.4, 0.5) is 5.69 Å². The van der Waals surface area contributed by atoms with E-state index in [1.807, 2.05) is 24.3 Å². The van der Waals surface area contributed by atoms with Crippen molar-refractivity contribution in [1.82, 2.24) is 14.8 Å². The number of nitrogen functional groups attached to an aromatic ring is 1. The zero-order valence-electron chi connectivity index (χ0n) is 9.93. The number of fused-ring (bicyclic) bond motifs is 1. The fraction of sp³-hybridized carbons (Fsp3) is 0.385. The van der Waals surface area contributed by atoms with Crippen LogP contribution in [0.1, 0.15) is 19.2 Å². The lowest BCUT2D eigenvalue weighted by Crippen LogP contribution is -2.17. The van der Waals surface area contributed by atoms with Crippen molar-refractivity contribution >= 4 is 5.69 Å². The van der Waals surface area contributed by atoms with E-state index < -0.39 is 0 Å². The highest BCUT2D eigenvalue weighted by Crippen LogP contribution is 2.26. The summed E-state index contributed by atoms with van der Waals surface area (Å²) in [7, 11) is 0. The summed E-state index contributed by atoms with van der Waals surface area (Å²) in [5.74, 6) is 2.75. The molecular weight excluding hydrogens is 212 g/mol. The zero-order valence-corrected chi connectivity index (χ0v) is 9.93. The van der Waals surface area contributed by atoms with Gasteiger partial charge in [-0.15, -0.1) is 10.2 Å². The highest BCUT2D eigenvalue weighted by Gasteiger charge is 2.20. The summed E-state index contributed by atoms with van der Waals surface area (Å²) >= 11 is 0. The molecule has 2 N–H and O–H groups in total. The van der Waals surface area contributed by atoms with Crippen molar-refractivity contribution in [3.05, 3.63) is 30.1 Å². The van der Waals surface area contributed by atoms with Crippen molar-refractivity contribution < 1.29 is 0 Å². The summed E-state index contributed by atoms with van der Waals surface area (Å²) in [6.07, 6.45) is 2.22. The second kappa shape index (κ2) is 3.87. The van der Waals surface area contributed by atoms with Crippen LogP contribution in [0, 0.1) is 5.92 Å². The Labute approximate surface area is 100 Å². The maximum absolute atomic E-state index is 5.81. The van der Waals surface area contributed by atoms with E-state index in [1.165, 1.54) is 6.42 Å². The minimum absolute atomic E-state index is 0.709. The Morgan fingerprint density at radius 2 is 2.24 bits per heavy atom. The number of benzene rings is 1. The van der Waals surface area contributed by atoms with Crippen LogP contribution in [-0.2, 0) is 13.0 Å². The quantitative estimate of drug-likeness (QED) is 0.760. The first-order valence-electron chi connectivity index (χ1n) is 6.02. The van der Waals surface area contributed by atoms with Crippen molar-refractivity contribution in [2.45, 2.75) is 26.3 Å². The summed E-state index contributed by atoms with van der Waals surface area (Å²) in [6, 6.07) is 7.83. The molecule has 0 spiro atoms. The SMILES string of the molecule is CC1CCn2c(nnc2-c2cccc(N)c2)C1. The summed E-state index contributed by atoms with van der Waals surface area (Å²) in [4.78, 5) is 0. The van der Waals surface area contributed by atoms with Gasteiger partial charge < -0.3 is 10.3 Å². The highest BCUT2D eigenvalue weighted by atomic mass is 15.3. The van der Waals surface area contributed by atoms with Gasteiger partial charge in [0.2, 0.25) is 0 Å². The molecule has 2 heterocycles. The lowest BCUT2D eigenvalue weighted by Gasteiger charge is -2.20. The normalized spacial score (nSPS) is 19.0. The van der Waals surface area contributed by atoms with Crippen LogP contribution in [0.2, 0.25) is 0 Å². The molecule has 1 aromatic heterocycles. The average molecular weight is 228 g/mol. The summed E-state index contributed by atoms with van der Waals surface area (Å²) in [5.41, 5.74) is 7.63. The predicted molar refractivity (Wildman–Crippen MR) is 67.4 cm³/mol. The van der Waals surface area contributed by atoms with Crippen LogP contribution in [0.25, 0.3) is 11.4 Å². The summed E-state index contributed by atoms with van der Waals surface area (Å²) in [6.45, 7) is 3.27. The lowest BCUT2D eigenvalue weighted by molar-refractivity contribution is 0.411. The number of nitrogens with two attached hydrogens (primary N) is 1. The molecule has 0 radical (unpaired) electrons. The van der Waals surface area contributed by atoms with Crippen LogP contribution >= 0.6 is 0 Å². The van der Waals surface area contributed by atoms with Crippen LogP contribution in [0.3, 0.4) is 0 Å². The van der Waals surface area contributed by atoms with Gasteiger partial charge in [0.1, 0.15) is 5.82 Å². The molecule has 4 nitrogen and oxygen atoms in total. The molecular formula is C13H16N4. The molecule has 17 heavy (non-hydrogen) atoms. The van der Waals surface area contributed by atoms with Crippen molar-refractivity contribution in [3.63, 3.8) is 0 Å². The Kier molecular flexibility index (Phi) is 2.35. The molecule has 0 saturated carbocycles. The number of nitrogens with zero attached hydrogens (tertiary/aromatic N) is 3. The molecule has 1 aliphatic rings. The molecule has 0 aliphatic carbocycles. The van der Waals surface area contributed by atoms with E-state index in [9.17, 15) is 0 Å². The second-order valence-corrected chi connectivity index (χ2v) is 4.81. The van der Waals surface area contributed by atoms with Crippen LogP contribution in [-0.4, -0.2) is 14.8 Å². The van der Waals surface area contributed by atoms with Gasteiger partial charge in [-0.1, -0.05) is 19.1 Å². The molecule has 3 rings (SSSR count). The molecule has 1 atom stereocenters. The van der Waals surface area contributed by atoms with E-state index in [-0.39, 0.29) is 0 Å². The van der Waals surface area contributed by atoms with Gasteiger partial charge in [-0.2, -0.15) is 0 Å². The monoisotopic (exact) mass is 228 g/mol. The van der Waals surface area contributed by atoms with Gasteiger partial charge in [0.05, 0.1) is 0 Å². The van der Waals surface area contributed by atoms with E-state index in [0.29, 0.717) is 5.92 Å². The third kappa shape index (κ3) is 1.79. The average Bonchev–Trinajstić information content (AvgIpc) is 2.71. The van der Waals surface area contributed by atoms with Gasteiger partial charge in [0.25, 0.3) is 0 Å². The molecule has 0 saturated heterocycles. The van der Waals surface area contributed by atoms with Crippen LogP contribution < -0.4 is 5.73 Å². The number of aromatic nitrogens is 3. The lowest BCUT2D eigenvalue weighted by atomic mass is 10.00. The highest BCUT2D eigenvalue weighted by molar-refractivity contribution is 5.61. The molecule has 0 bridgehead atoms. The topological polar surface area (TPSA) is 56.7 Å². The van der Waals surface area contributed by atoms with Crippen LogP contribution in [0.15, 0.2) is 24.3 Å². The number of rotatable bonds is 1. The largest absolute Gasteiger partial charge is 0.399 e. The standard InChI is InChI=1S/C13H16N4/c1-9-5-6-17-12(7-9)15-16-13(17)10-3-2-4-11(14)8-10/h2-4,8-9H,5-7,14H2,1H3. The molecule has 88 valence electrons. The maximum Gasteiger partial charge on any atom is 0.164 e. The third-order valence-corrected chi connectivity index (χ3v) is 3.35. The first-order valence-corrected chi connectivity index (χ1v) is 6.02. The zero-order chi connectivity index (χ0) is 11.8. The number of hydrogen-bond acceptors (Lipinski definition) is 3.